The minimum absolute atomic E-state index is 0.447. The average Bonchev–Trinajstić information content (AvgIpc) is 2.33. The number of allylic oxidation sites excluding steroid dienone is 2. The third kappa shape index (κ3) is 3.46. The van der Waals surface area contributed by atoms with Crippen molar-refractivity contribution in [3.05, 3.63) is 29.9 Å². The Morgan fingerprint density at radius 3 is 2.88 bits per heavy atom. The Morgan fingerprint density at radius 1 is 1.44 bits per heavy atom. The number of amides is 1. The second-order valence-corrected chi connectivity index (χ2v) is 3.38. The summed E-state index contributed by atoms with van der Waals surface area (Å²) in [6.45, 7) is 4.65. The van der Waals surface area contributed by atoms with Crippen LogP contribution in [0.2, 0.25) is 0 Å². The minimum Gasteiger partial charge on any atom is -0.353 e. The van der Waals surface area contributed by atoms with Crippen molar-refractivity contribution in [2.45, 2.75) is 33.2 Å². The van der Waals surface area contributed by atoms with Crippen LogP contribution in [0, 0.1) is 0 Å². The molecule has 0 saturated heterocycles. The van der Waals surface area contributed by atoms with Crippen molar-refractivity contribution in [1.82, 2.24) is 15.3 Å². The first-order valence-corrected chi connectivity index (χ1v) is 5.49. The monoisotopic (exact) mass is 219 g/mol. The molecule has 1 rings (SSSR count). The second kappa shape index (κ2) is 6.71. The molecule has 1 aromatic rings. The zero-order valence-electron chi connectivity index (χ0n) is 9.73. The fourth-order valence-electron chi connectivity index (χ4n) is 1.49. The summed E-state index contributed by atoms with van der Waals surface area (Å²) in [6.07, 6.45) is 6.32. The maximum atomic E-state index is 10.2. The van der Waals surface area contributed by atoms with Gasteiger partial charge in [-0.1, -0.05) is 19.9 Å². The van der Waals surface area contributed by atoms with Crippen molar-refractivity contribution in [2.75, 3.05) is 0 Å². The molecule has 0 radical (unpaired) electrons. The van der Waals surface area contributed by atoms with Gasteiger partial charge in [-0.3, -0.25) is 4.79 Å². The number of nitrogens with one attached hydrogen (secondary N) is 1. The van der Waals surface area contributed by atoms with E-state index in [1.54, 1.807) is 0 Å². The highest BCUT2D eigenvalue weighted by Gasteiger charge is 2.02. The molecule has 1 amide bonds. The molecule has 0 atom stereocenters. The lowest BCUT2D eigenvalue weighted by atomic mass is 10.1. The number of rotatable bonds is 6. The van der Waals surface area contributed by atoms with Crippen LogP contribution in [0.1, 0.15) is 38.1 Å². The number of hydrogen-bond donors (Lipinski definition) is 1. The molecule has 0 bridgehead atoms. The summed E-state index contributed by atoms with van der Waals surface area (Å²) in [4.78, 5) is 18.5. The van der Waals surface area contributed by atoms with E-state index in [0.29, 0.717) is 13.0 Å². The van der Waals surface area contributed by atoms with E-state index in [2.05, 4.69) is 35.2 Å². The first-order chi connectivity index (χ1) is 7.81. The molecule has 1 N–H and O–H groups in total. The van der Waals surface area contributed by atoms with Crippen LogP contribution in [0.3, 0.4) is 0 Å². The van der Waals surface area contributed by atoms with E-state index >= 15 is 0 Å². The molecule has 1 heterocycles. The summed E-state index contributed by atoms with van der Waals surface area (Å²) < 4.78 is 0. The van der Waals surface area contributed by atoms with Crippen molar-refractivity contribution < 1.29 is 4.79 Å². The quantitative estimate of drug-likeness (QED) is 0.744. The number of aromatic nitrogens is 2. The molecule has 0 aliphatic carbocycles. The number of carbonyl (C=O) groups is 1. The van der Waals surface area contributed by atoms with Crippen molar-refractivity contribution in [3.63, 3.8) is 0 Å². The SMILES string of the molecule is CC/C=C(\CC)c1cc(CNC=O)ncn1. The maximum absolute atomic E-state index is 10.2. The average molecular weight is 219 g/mol. The summed E-state index contributed by atoms with van der Waals surface area (Å²) in [5.41, 5.74) is 2.99. The van der Waals surface area contributed by atoms with Crippen LogP contribution in [0.4, 0.5) is 0 Å². The Morgan fingerprint density at radius 2 is 2.25 bits per heavy atom. The van der Waals surface area contributed by atoms with Crippen LogP contribution < -0.4 is 5.32 Å². The fourth-order valence-corrected chi connectivity index (χ4v) is 1.49. The zero-order valence-corrected chi connectivity index (χ0v) is 9.73. The molecule has 1 aromatic heterocycles. The molecule has 4 nitrogen and oxygen atoms in total. The van der Waals surface area contributed by atoms with Crippen molar-refractivity contribution >= 4 is 12.0 Å². The normalized spacial score (nSPS) is 11.2. The molecular formula is C12H17N3O. The van der Waals surface area contributed by atoms with Gasteiger partial charge in [0.25, 0.3) is 0 Å². The molecule has 4 heteroatoms. The van der Waals surface area contributed by atoms with Gasteiger partial charge < -0.3 is 5.32 Å². The third-order valence-corrected chi connectivity index (χ3v) is 2.25. The predicted molar refractivity (Wildman–Crippen MR) is 63.5 cm³/mol. The van der Waals surface area contributed by atoms with Gasteiger partial charge >= 0.3 is 0 Å². The highest BCUT2D eigenvalue weighted by Crippen LogP contribution is 2.16. The highest BCUT2D eigenvalue weighted by molar-refractivity contribution is 5.62. The predicted octanol–water partition coefficient (Wildman–Crippen LogP) is 1.93. The van der Waals surface area contributed by atoms with E-state index in [9.17, 15) is 4.79 Å². The van der Waals surface area contributed by atoms with Gasteiger partial charge in [0.2, 0.25) is 6.41 Å². The van der Waals surface area contributed by atoms with E-state index in [1.165, 1.54) is 11.9 Å². The lowest BCUT2D eigenvalue weighted by Gasteiger charge is -2.05. The van der Waals surface area contributed by atoms with Crippen LogP contribution in [-0.2, 0) is 11.3 Å². The van der Waals surface area contributed by atoms with Gasteiger partial charge in [-0.2, -0.15) is 0 Å². The molecule has 16 heavy (non-hydrogen) atoms. The first-order valence-electron chi connectivity index (χ1n) is 5.49. The van der Waals surface area contributed by atoms with Crippen LogP contribution in [0.5, 0.6) is 0 Å². The van der Waals surface area contributed by atoms with E-state index in [0.717, 1.165) is 24.2 Å². The Balaban J connectivity index is 2.87. The molecule has 0 saturated carbocycles. The molecule has 86 valence electrons. The number of nitrogens with zero attached hydrogens (tertiary/aromatic N) is 2. The van der Waals surface area contributed by atoms with Crippen LogP contribution in [0.25, 0.3) is 5.57 Å². The van der Waals surface area contributed by atoms with E-state index in [1.807, 2.05) is 6.07 Å². The van der Waals surface area contributed by atoms with E-state index in [-0.39, 0.29) is 0 Å². The molecule has 0 spiro atoms. The summed E-state index contributed by atoms with van der Waals surface area (Å²) in [7, 11) is 0. The lowest BCUT2D eigenvalue weighted by Crippen LogP contribution is -2.11. The summed E-state index contributed by atoms with van der Waals surface area (Å²) in [5.74, 6) is 0. The van der Waals surface area contributed by atoms with Crippen LogP contribution >= 0.6 is 0 Å². The Labute approximate surface area is 95.8 Å². The highest BCUT2D eigenvalue weighted by atomic mass is 16.1. The van der Waals surface area contributed by atoms with Gasteiger partial charge in [-0.25, -0.2) is 9.97 Å². The standard InChI is InChI=1S/C12H17N3O/c1-3-5-10(4-2)12-6-11(7-13-9-16)14-8-15-12/h5-6,8-9H,3-4,7H2,1-2H3,(H,13,16)/b10-5+. The summed E-state index contributed by atoms with van der Waals surface area (Å²) >= 11 is 0. The molecule has 0 aliphatic rings. The first kappa shape index (κ1) is 12.4. The largest absolute Gasteiger partial charge is 0.353 e. The van der Waals surface area contributed by atoms with Crippen LogP contribution in [0.15, 0.2) is 18.5 Å². The van der Waals surface area contributed by atoms with Gasteiger partial charge in [-0.05, 0) is 24.5 Å². The Kier molecular flexibility index (Phi) is 5.19. The van der Waals surface area contributed by atoms with Crippen molar-refractivity contribution in [1.29, 1.82) is 0 Å². The van der Waals surface area contributed by atoms with E-state index < -0.39 is 0 Å². The topological polar surface area (TPSA) is 54.9 Å². The zero-order chi connectivity index (χ0) is 11.8. The van der Waals surface area contributed by atoms with Crippen LogP contribution in [-0.4, -0.2) is 16.4 Å². The smallest absolute Gasteiger partial charge is 0.207 e. The molecular weight excluding hydrogens is 202 g/mol. The number of hydrogen-bond acceptors (Lipinski definition) is 3. The number of carbonyl (C=O) groups excluding carboxylic acids is 1. The van der Waals surface area contributed by atoms with Crippen molar-refractivity contribution in [3.8, 4) is 0 Å². The van der Waals surface area contributed by atoms with E-state index in [4.69, 9.17) is 0 Å². The van der Waals surface area contributed by atoms with Gasteiger partial charge in [0.1, 0.15) is 6.33 Å². The van der Waals surface area contributed by atoms with Gasteiger partial charge in [0, 0.05) is 0 Å². The van der Waals surface area contributed by atoms with Gasteiger partial charge in [-0.15, -0.1) is 0 Å². The second-order valence-electron chi connectivity index (χ2n) is 3.38. The Hall–Kier alpha value is -1.71. The molecule has 0 unspecified atom stereocenters. The Bertz CT molecular complexity index is 374. The maximum Gasteiger partial charge on any atom is 0.207 e. The third-order valence-electron chi connectivity index (χ3n) is 2.25. The molecule has 0 aromatic carbocycles. The summed E-state index contributed by atoms with van der Waals surface area (Å²) in [5, 5.41) is 2.59. The fraction of sp³-hybridized carbons (Fsp3) is 0.417. The van der Waals surface area contributed by atoms with Crippen molar-refractivity contribution in [2.24, 2.45) is 0 Å². The van der Waals surface area contributed by atoms with Gasteiger partial charge in [0.05, 0.1) is 17.9 Å². The summed E-state index contributed by atoms with van der Waals surface area (Å²) in [6, 6.07) is 1.92. The van der Waals surface area contributed by atoms with Gasteiger partial charge in [0.15, 0.2) is 0 Å². The molecule has 0 fully saturated rings. The minimum atomic E-state index is 0.447. The lowest BCUT2D eigenvalue weighted by molar-refractivity contribution is -0.109. The molecule has 0 aliphatic heterocycles.